The van der Waals surface area contributed by atoms with Crippen LogP contribution in [0.15, 0.2) is 53.9 Å². The molecule has 0 aliphatic carbocycles. The van der Waals surface area contributed by atoms with E-state index < -0.39 is 0 Å². The lowest BCUT2D eigenvalue weighted by Gasteiger charge is -2.08. The van der Waals surface area contributed by atoms with Crippen molar-refractivity contribution >= 4 is 23.2 Å². The zero-order chi connectivity index (χ0) is 22.8. The van der Waals surface area contributed by atoms with Gasteiger partial charge in [0.25, 0.3) is 11.8 Å². The highest BCUT2D eigenvalue weighted by atomic mass is 32.1. The standard InChI is InChI=1S/C24H27N3O4S/c1-3-17-9-11-18(12-10-17)23(28)25-13-6-14-26-24(29)19-16-32-22(27-19)15-31-21-8-5-4-7-20(21)30-2/h4-5,7-12,16H,3,6,13-15H2,1-2H3,(H,25,28)(H,26,29). The molecule has 0 bridgehead atoms. The number of carbonyl (C=O) groups is 2. The molecule has 8 heteroatoms. The summed E-state index contributed by atoms with van der Waals surface area (Å²) in [5.41, 5.74) is 2.19. The molecular weight excluding hydrogens is 426 g/mol. The molecule has 0 saturated carbocycles. The normalized spacial score (nSPS) is 10.4. The van der Waals surface area contributed by atoms with Gasteiger partial charge in [-0.1, -0.05) is 31.2 Å². The van der Waals surface area contributed by atoms with Crippen LogP contribution < -0.4 is 20.1 Å². The summed E-state index contributed by atoms with van der Waals surface area (Å²) in [6.45, 7) is 3.25. The number of thiazole rings is 1. The molecule has 0 unspecified atom stereocenters. The van der Waals surface area contributed by atoms with E-state index in [0.29, 0.717) is 47.3 Å². The van der Waals surface area contributed by atoms with Gasteiger partial charge in [0.2, 0.25) is 0 Å². The number of amides is 2. The topological polar surface area (TPSA) is 89.6 Å². The fourth-order valence-electron chi connectivity index (χ4n) is 2.94. The van der Waals surface area contributed by atoms with Crippen molar-refractivity contribution in [1.29, 1.82) is 0 Å². The molecule has 3 aromatic rings. The first-order valence-corrected chi connectivity index (χ1v) is 11.3. The number of nitrogens with one attached hydrogen (secondary N) is 2. The number of aryl methyl sites for hydroxylation is 1. The SMILES string of the molecule is CCc1ccc(C(=O)NCCCNC(=O)c2csc(COc3ccccc3OC)n2)cc1. The van der Waals surface area contributed by atoms with Gasteiger partial charge in [0.1, 0.15) is 17.3 Å². The van der Waals surface area contributed by atoms with Crippen LogP contribution in [0.25, 0.3) is 0 Å². The van der Waals surface area contributed by atoms with Crippen LogP contribution in [0.5, 0.6) is 11.5 Å². The van der Waals surface area contributed by atoms with Crippen LogP contribution in [0.3, 0.4) is 0 Å². The van der Waals surface area contributed by atoms with Gasteiger partial charge < -0.3 is 20.1 Å². The fourth-order valence-corrected chi connectivity index (χ4v) is 3.62. The second-order valence-electron chi connectivity index (χ2n) is 6.98. The highest BCUT2D eigenvalue weighted by molar-refractivity contribution is 7.09. The summed E-state index contributed by atoms with van der Waals surface area (Å²) in [5, 5.41) is 8.09. The fraction of sp³-hybridized carbons (Fsp3) is 0.292. The first kappa shape index (κ1) is 23.3. The van der Waals surface area contributed by atoms with Crippen molar-refractivity contribution in [3.05, 3.63) is 75.7 Å². The van der Waals surface area contributed by atoms with E-state index in [1.807, 2.05) is 48.5 Å². The summed E-state index contributed by atoms with van der Waals surface area (Å²) in [6, 6.07) is 14.9. The van der Waals surface area contributed by atoms with Crippen molar-refractivity contribution in [3.63, 3.8) is 0 Å². The molecule has 0 fully saturated rings. The van der Waals surface area contributed by atoms with Crippen LogP contribution in [-0.4, -0.2) is 37.0 Å². The molecule has 3 rings (SSSR count). The average molecular weight is 454 g/mol. The summed E-state index contributed by atoms with van der Waals surface area (Å²) in [7, 11) is 1.59. The Hall–Kier alpha value is -3.39. The minimum absolute atomic E-state index is 0.113. The second kappa shape index (κ2) is 11.9. The predicted molar refractivity (Wildman–Crippen MR) is 125 cm³/mol. The minimum atomic E-state index is -0.244. The number of aromatic nitrogens is 1. The Bertz CT molecular complexity index is 1030. The molecule has 2 aromatic carbocycles. The summed E-state index contributed by atoms with van der Waals surface area (Å²) in [4.78, 5) is 28.8. The second-order valence-corrected chi connectivity index (χ2v) is 7.92. The molecule has 32 heavy (non-hydrogen) atoms. The lowest BCUT2D eigenvalue weighted by Crippen LogP contribution is -2.30. The average Bonchev–Trinajstić information content (AvgIpc) is 3.31. The highest BCUT2D eigenvalue weighted by Gasteiger charge is 2.12. The van der Waals surface area contributed by atoms with Crippen molar-refractivity contribution in [2.24, 2.45) is 0 Å². The number of para-hydroxylation sites is 2. The Kier molecular flexibility index (Phi) is 8.62. The number of ether oxygens (including phenoxy) is 2. The van der Waals surface area contributed by atoms with Gasteiger partial charge in [0.15, 0.2) is 11.5 Å². The van der Waals surface area contributed by atoms with E-state index in [9.17, 15) is 9.59 Å². The monoisotopic (exact) mass is 453 g/mol. The third-order valence-corrected chi connectivity index (χ3v) is 5.58. The zero-order valence-electron chi connectivity index (χ0n) is 18.2. The predicted octanol–water partition coefficient (Wildman–Crippen LogP) is 3.84. The van der Waals surface area contributed by atoms with Gasteiger partial charge in [0, 0.05) is 24.0 Å². The van der Waals surface area contributed by atoms with Crippen LogP contribution in [-0.2, 0) is 13.0 Å². The molecule has 0 atom stereocenters. The minimum Gasteiger partial charge on any atom is -0.493 e. The van der Waals surface area contributed by atoms with E-state index in [2.05, 4.69) is 22.5 Å². The van der Waals surface area contributed by atoms with E-state index in [1.54, 1.807) is 12.5 Å². The van der Waals surface area contributed by atoms with Crippen molar-refractivity contribution in [1.82, 2.24) is 15.6 Å². The largest absolute Gasteiger partial charge is 0.493 e. The number of rotatable bonds is 11. The smallest absolute Gasteiger partial charge is 0.270 e. The number of nitrogens with zero attached hydrogens (tertiary/aromatic N) is 1. The summed E-state index contributed by atoms with van der Waals surface area (Å²) in [5.74, 6) is 0.913. The molecule has 0 radical (unpaired) electrons. The Morgan fingerprint density at radius 1 is 0.969 bits per heavy atom. The van der Waals surface area contributed by atoms with Crippen LogP contribution >= 0.6 is 11.3 Å². The Balaban J connectivity index is 1.37. The summed E-state index contributed by atoms with van der Waals surface area (Å²) in [6.07, 6.45) is 1.56. The molecule has 7 nitrogen and oxygen atoms in total. The van der Waals surface area contributed by atoms with Gasteiger partial charge >= 0.3 is 0 Å². The first-order chi connectivity index (χ1) is 15.6. The first-order valence-electron chi connectivity index (χ1n) is 10.5. The molecule has 0 aliphatic rings. The molecule has 168 valence electrons. The van der Waals surface area contributed by atoms with E-state index in [4.69, 9.17) is 9.47 Å². The van der Waals surface area contributed by atoms with Gasteiger partial charge in [-0.2, -0.15) is 0 Å². The van der Waals surface area contributed by atoms with Gasteiger partial charge in [0.05, 0.1) is 7.11 Å². The van der Waals surface area contributed by atoms with E-state index in [-0.39, 0.29) is 18.4 Å². The molecule has 2 amide bonds. The zero-order valence-corrected chi connectivity index (χ0v) is 19.0. The van der Waals surface area contributed by atoms with Crippen molar-refractivity contribution < 1.29 is 19.1 Å². The van der Waals surface area contributed by atoms with Crippen LogP contribution in [0, 0.1) is 0 Å². The third-order valence-electron chi connectivity index (χ3n) is 4.75. The molecule has 0 spiro atoms. The van der Waals surface area contributed by atoms with Gasteiger partial charge in [-0.15, -0.1) is 11.3 Å². The van der Waals surface area contributed by atoms with Crippen molar-refractivity contribution in [3.8, 4) is 11.5 Å². The van der Waals surface area contributed by atoms with Crippen LogP contribution in [0.4, 0.5) is 0 Å². The molecule has 1 heterocycles. The quantitative estimate of drug-likeness (QED) is 0.431. The van der Waals surface area contributed by atoms with Crippen molar-refractivity contribution in [2.75, 3.05) is 20.2 Å². The van der Waals surface area contributed by atoms with E-state index in [0.717, 1.165) is 6.42 Å². The Morgan fingerprint density at radius 3 is 2.34 bits per heavy atom. The number of hydrogen-bond donors (Lipinski definition) is 2. The van der Waals surface area contributed by atoms with Gasteiger partial charge in [-0.05, 0) is 42.7 Å². The number of benzene rings is 2. The van der Waals surface area contributed by atoms with Crippen LogP contribution in [0.1, 0.15) is 44.8 Å². The number of hydrogen-bond acceptors (Lipinski definition) is 6. The van der Waals surface area contributed by atoms with Crippen LogP contribution in [0.2, 0.25) is 0 Å². The Labute approximate surface area is 191 Å². The summed E-state index contributed by atoms with van der Waals surface area (Å²) >= 11 is 1.36. The molecule has 0 aliphatic heterocycles. The third kappa shape index (κ3) is 6.55. The summed E-state index contributed by atoms with van der Waals surface area (Å²) < 4.78 is 11.0. The maximum absolute atomic E-state index is 12.3. The maximum atomic E-state index is 12.3. The van der Waals surface area contributed by atoms with E-state index >= 15 is 0 Å². The lowest BCUT2D eigenvalue weighted by atomic mass is 10.1. The Morgan fingerprint density at radius 2 is 1.66 bits per heavy atom. The van der Waals surface area contributed by atoms with Gasteiger partial charge in [-0.25, -0.2) is 4.98 Å². The molecule has 1 aromatic heterocycles. The lowest BCUT2D eigenvalue weighted by molar-refractivity contribution is 0.0948. The maximum Gasteiger partial charge on any atom is 0.270 e. The van der Waals surface area contributed by atoms with E-state index in [1.165, 1.54) is 16.9 Å². The number of carbonyl (C=O) groups excluding carboxylic acids is 2. The molecular formula is C24H27N3O4S. The number of methoxy groups -OCH3 is 1. The molecule has 0 saturated heterocycles. The van der Waals surface area contributed by atoms with Gasteiger partial charge in [-0.3, -0.25) is 9.59 Å². The molecule has 2 N–H and O–H groups in total. The van der Waals surface area contributed by atoms with Crippen molar-refractivity contribution in [2.45, 2.75) is 26.4 Å². The highest BCUT2D eigenvalue weighted by Crippen LogP contribution is 2.27.